The van der Waals surface area contributed by atoms with Crippen LogP contribution in [0.4, 0.5) is 0 Å². The summed E-state index contributed by atoms with van der Waals surface area (Å²) >= 11 is 0. The molecule has 0 rings (SSSR count). The molecule has 0 saturated heterocycles. The van der Waals surface area contributed by atoms with Gasteiger partial charge in [-0.3, -0.25) is 4.55 Å². The summed E-state index contributed by atoms with van der Waals surface area (Å²) in [6, 6.07) is -0.0445. The van der Waals surface area contributed by atoms with Gasteiger partial charge in [-0.1, -0.05) is 6.92 Å². The second kappa shape index (κ2) is 4.66. The molecule has 0 heterocycles. The average molecular weight is 183 g/mol. The van der Waals surface area contributed by atoms with Gasteiger partial charge in [-0.05, 0) is 13.5 Å². The Morgan fingerprint density at radius 2 is 2.18 bits per heavy atom. The van der Waals surface area contributed by atoms with Crippen LogP contribution in [-0.2, 0) is 14.6 Å². The third-order valence-corrected chi connectivity index (χ3v) is 1.75. The van der Waals surface area contributed by atoms with Crippen LogP contribution in [0.15, 0.2) is 0 Å². The predicted octanol–water partition coefficient (Wildman–Crippen LogP) is -0.196. The third-order valence-electron chi connectivity index (χ3n) is 1.32. The summed E-state index contributed by atoms with van der Waals surface area (Å²) in [7, 11) is -2.58. The van der Waals surface area contributed by atoms with Crippen molar-refractivity contribution in [1.29, 1.82) is 0 Å². The quantitative estimate of drug-likeness (QED) is 0.577. The summed E-state index contributed by atoms with van der Waals surface area (Å²) in [6.07, 6.45) is 0.742. The summed E-state index contributed by atoms with van der Waals surface area (Å²) in [6.45, 7) is 1.85. The van der Waals surface area contributed by atoms with Crippen LogP contribution >= 0.6 is 0 Å². The number of nitrogens with one attached hydrogen (secondary N) is 1. The highest BCUT2D eigenvalue weighted by Gasteiger charge is 2.09. The summed E-state index contributed by atoms with van der Waals surface area (Å²) in [4.78, 5) is 0. The van der Waals surface area contributed by atoms with E-state index in [0.29, 0.717) is 0 Å². The van der Waals surface area contributed by atoms with E-state index < -0.39 is 10.4 Å². The monoisotopic (exact) mass is 183 g/mol. The first kappa shape index (κ1) is 10.8. The second-order valence-corrected chi connectivity index (χ2v) is 3.20. The Bertz CT molecular complexity index is 185. The molecule has 0 aromatic carbocycles. The molecule has 0 bridgehead atoms. The van der Waals surface area contributed by atoms with E-state index in [1.807, 2.05) is 6.92 Å². The van der Waals surface area contributed by atoms with Crippen LogP contribution < -0.4 is 5.32 Å². The number of hydrogen-bond donors (Lipinski definition) is 2. The lowest BCUT2D eigenvalue weighted by atomic mass is 10.2. The van der Waals surface area contributed by atoms with E-state index in [0.717, 1.165) is 6.42 Å². The molecular weight excluding hydrogens is 170 g/mol. The summed E-state index contributed by atoms with van der Waals surface area (Å²) < 4.78 is 32.5. The van der Waals surface area contributed by atoms with Crippen molar-refractivity contribution in [2.75, 3.05) is 13.7 Å². The van der Waals surface area contributed by atoms with Crippen LogP contribution in [0.25, 0.3) is 0 Å². The first-order chi connectivity index (χ1) is 4.99. The van der Waals surface area contributed by atoms with Gasteiger partial charge in [0.05, 0.1) is 6.61 Å². The topological polar surface area (TPSA) is 75.6 Å². The van der Waals surface area contributed by atoms with Gasteiger partial charge in [-0.15, -0.1) is 0 Å². The van der Waals surface area contributed by atoms with E-state index >= 15 is 0 Å². The minimum atomic E-state index is -4.28. The van der Waals surface area contributed by atoms with Gasteiger partial charge in [0, 0.05) is 6.04 Å². The van der Waals surface area contributed by atoms with E-state index in [-0.39, 0.29) is 12.6 Å². The minimum Gasteiger partial charge on any atom is -0.315 e. The molecule has 5 nitrogen and oxygen atoms in total. The molecule has 0 aromatic heterocycles. The maximum absolute atomic E-state index is 10.1. The Morgan fingerprint density at radius 1 is 1.64 bits per heavy atom. The van der Waals surface area contributed by atoms with Gasteiger partial charge in [0.25, 0.3) is 0 Å². The van der Waals surface area contributed by atoms with Crippen LogP contribution in [0.3, 0.4) is 0 Å². The molecule has 0 aliphatic carbocycles. The molecule has 0 amide bonds. The first-order valence-corrected chi connectivity index (χ1v) is 4.65. The SMILES string of the molecule is CCC(COS(=O)(=O)O)NC. The number of likely N-dealkylation sites (N-methyl/N-ethyl adjacent to an activating group) is 1. The van der Waals surface area contributed by atoms with Crippen molar-refractivity contribution in [2.45, 2.75) is 19.4 Å². The zero-order valence-electron chi connectivity index (χ0n) is 6.57. The fourth-order valence-electron chi connectivity index (χ4n) is 0.573. The minimum absolute atomic E-state index is 0.0359. The Kier molecular flexibility index (Phi) is 4.58. The third kappa shape index (κ3) is 6.24. The molecule has 0 spiro atoms. The fraction of sp³-hybridized carbons (Fsp3) is 1.00. The Hall–Kier alpha value is -0.170. The van der Waals surface area contributed by atoms with E-state index in [1.165, 1.54) is 0 Å². The van der Waals surface area contributed by atoms with Crippen LogP contribution in [0.2, 0.25) is 0 Å². The Balaban J connectivity index is 3.69. The maximum Gasteiger partial charge on any atom is 0.397 e. The maximum atomic E-state index is 10.1. The van der Waals surface area contributed by atoms with Crippen LogP contribution in [0.1, 0.15) is 13.3 Å². The van der Waals surface area contributed by atoms with E-state index in [9.17, 15) is 8.42 Å². The van der Waals surface area contributed by atoms with E-state index in [2.05, 4.69) is 9.50 Å². The van der Waals surface area contributed by atoms with Crippen molar-refractivity contribution in [3.63, 3.8) is 0 Å². The van der Waals surface area contributed by atoms with E-state index in [1.54, 1.807) is 7.05 Å². The summed E-state index contributed by atoms with van der Waals surface area (Å²) in [5, 5.41) is 2.82. The van der Waals surface area contributed by atoms with Gasteiger partial charge < -0.3 is 5.32 Å². The molecule has 1 unspecified atom stereocenters. The molecule has 2 N–H and O–H groups in total. The lowest BCUT2D eigenvalue weighted by Crippen LogP contribution is -2.30. The van der Waals surface area contributed by atoms with Crippen molar-refractivity contribution < 1.29 is 17.2 Å². The normalized spacial score (nSPS) is 14.8. The second-order valence-electron chi connectivity index (χ2n) is 2.11. The van der Waals surface area contributed by atoms with Gasteiger partial charge in [0.15, 0.2) is 0 Å². The average Bonchev–Trinajstić information content (AvgIpc) is 1.88. The van der Waals surface area contributed by atoms with Crippen LogP contribution in [0.5, 0.6) is 0 Å². The largest absolute Gasteiger partial charge is 0.397 e. The molecule has 0 saturated carbocycles. The first-order valence-electron chi connectivity index (χ1n) is 3.28. The smallest absolute Gasteiger partial charge is 0.315 e. The molecule has 0 aliphatic heterocycles. The zero-order chi connectivity index (χ0) is 8.91. The molecule has 6 heteroatoms. The molecule has 68 valence electrons. The molecule has 0 fully saturated rings. The van der Waals surface area contributed by atoms with Gasteiger partial charge in [0.2, 0.25) is 0 Å². The highest BCUT2D eigenvalue weighted by molar-refractivity contribution is 7.80. The lowest BCUT2D eigenvalue weighted by molar-refractivity contribution is 0.236. The van der Waals surface area contributed by atoms with Crippen molar-refractivity contribution in [3.8, 4) is 0 Å². The molecule has 1 atom stereocenters. The highest BCUT2D eigenvalue weighted by Crippen LogP contribution is 1.94. The molecule has 11 heavy (non-hydrogen) atoms. The van der Waals surface area contributed by atoms with Crippen LogP contribution in [-0.4, -0.2) is 32.7 Å². The van der Waals surface area contributed by atoms with Gasteiger partial charge in [0.1, 0.15) is 0 Å². The van der Waals surface area contributed by atoms with Crippen molar-refractivity contribution >= 4 is 10.4 Å². The standard InChI is InChI=1S/C5H13NO4S/c1-3-5(6-2)4-10-11(7,8)9/h5-6H,3-4H2,1-2H3,(H,7,8,9). The van der Waals surface area contributed by atoms with Gasteiger partial charge in [-0.25, -0.2) is 4.18 Å². The van der Waals surface area contributed by atoms with Crippen molar-refractivity contribution in [3.05, 3.63) is 0 Å². The van der Waals surface area contributed by atoms with Crippen molar-refractivity contribution in [1.82, 2.24) is 5.32 Å². The Morgan fingerprint density at radius 3 is 2.45 bits per heavy atom. The van der Waals surface area contributed by atoms with Gasteiger partial charge >= 0.3 is 10.4 Å². The zero-order valence-corrected chi connectivity index (χ0v) is 7.39. The molecular formula is C5H13NO4S. The predicted molar refractivity (Wildman–Crippen MR) is 40.6 cm³/mol. The lowest BCUT2D eigenvalue weighted by Gasteiger charge is -2.11. The highest BCUT2D eigenvalue weighted by atomic mass is 32.3. The number of hydrogen-bond acceptors (Lipinski definition) is 4. The van der Waals surface area contributed by atoms with Crippen LogP contribution in [0, 0.1) is 0 Å². The number of rotatable bonds is 5. The van der Waals surface area contributed by atoms with Crippen molar-refractivity contribution in [2.24, 2.45) is 0 Å². The fourth-order valence-corrected chi connectivity index (χ4v) is 0.910. The molecule has 0 aliphatic rings. The van der Waals surface area contributed by atoms with E-state index in [4.69, 9.17) is 4.55 Å². The Labute approximate surface area is 66.7 Å². The molecule has 0 aromatic rings. The van der Waals surface area contributed by atoms with Gasteiger partial charge in [-0.2, -0.15) is 8.42 Å². The summed E-state index contributed by atoms with van der Waals surface area (Å²) in [5.41, 5.74) is 0. The summed E-state index contributed by atoms with van der Waals surface area (Å²) in [5.74, 6) is 0. The molecule has 0 radical (unpaired) electrons.